The Labute approximate surface area is 185 Å². The van der Waals surface area contributed by atoms with Gasteiger partial charge in [0, 0.05) is 30.7 Å². The highest BCUT2D eigenvalue weighted by Crippen LogP contribution is 2.23. The number of rotatable bonds is 7. The van der Waals surface area contributed by atoms with Gasteiger partial charge in [-0.15, -0.1) is 0 Å². The number of para-hydroxylation sites is 1. The summed E-state index contributed by atoms with van der Waals surface area (Å²) in [6, 6.07) is 19.5. The topological polar surface area (TPSA) is 120 Å². The second-order valence-corrected chi connectivity index (χ2v) is 8.67. The third kappa shape index (κ3) is 4.90. The molecule has 0 bridgehead atoms. The smallest absolute Gasteiger partial charge is 0.255 e. The zero-order valence-electron chi connectivity index (χ0n) is 17.0. The Balaban J connectivity index is 1.52. The van der Waals surface area contributed by atoms with Crippen LogP contribution in [-0.4, -0.2) is 35.6 Å². The Bertz CT molecular complexity index is 1320. The fourth-order valence-corrected chi connectivity index (χ4v) is 3.75. The Morgan fingerprint density at radius 2 is 1.75 bits per heavy atom. The van der Waals surface area contributed by atoms with Gasteiger partial charge < -0.3 is 5.32 Å². The van der Waals surface area contributed by atoms with Crippen LogP contribution in [0.15, 0.2) is 90.2 Å². The van der Waals surface area contributed by atoms with E-state index in [0.29, 0.717) is 24.2 Å². The van der Waals surface area contributed by atoms with Crippen LogP contribution in [0.5, 0.6) is 0 Å². The Kier molecular flexibility index (Phi) is 6.11. The number of primary sulfonamides is 1. The van der Waals surface area contributed by atoms with E-state index in [4.69, 9.17) is 5.14 Å². The van der Waals surface area contributed by atoms with Crippen LogP contribution >= 0.6 is 0 Å². The summed E-state index contributed by atoms with van der Waals surface area (Å²) < 4.78 is 24.4. The van der Waals surface area contributed by atoms with Crippen molar-refractivity contribution >= 4 is 15.9 Å². The van der Waals surface area contributed by atoms with Gasteiger partial charge in [0.15, 0.2) is 0 Å². The normalized spacial score (nSPS) is 11.3. The van der Waals surface area contributed by atoms with E-state index >= 15 is 0 Å². The molecule has 0 aliphatic rings. The Morgan fingerprint density at radius 1 is 1.00 bits per heavy atom. The lowest BCUT2D eigenvalue weighted by Gasteiger charge is -2.06. The van der Waals surface area contributed by atoms with Gasteiger partial charge in [-0.1, -0.05) is 30.3 Å². The molecule has 0 saturated heterocycles. The van der Waals surface area contributed by atoms with Crippen molar-refractivity contribution in [3.05, 3.63) is 96.4 Å². The molecule has 2 heterocycles. The first-order chi connectivity index (χ1) is 15.4. The van der Waals surface area contributed by atoms with Gasteiger partial charge in [0.05, 0.1) is 16.1 Å². The van der Waals surface area contributed by atoms with Crippen LogP contribution in [-0.2, 0) is 16.4 Å². The quantitative estimate of drug-likeness (QED) is 0.451. The monoisotopic (exact) mass is 447 g/mol. The minimum Gasteiger partial charge on any atom is -0.352 e. The molecule has 2 aromatic carbocycles. The van der Waals surface area contributed by atoms with Gasteiger partial charge in [0.25, 0.3) is 5.91 Å². The number of hydrogen-bond acceptors (Lipinski definition) is 5. The van der Waals surface area contributed by atoms with E-state index in [2.05, 4.69) is 15.4 Å². The van der Waals surface area contributed by atoms with Crippen molar-refractivity contribution in [1.82, 2.24) is 20.1 Å². The Morgan fingerprint density at radius 3 is 2.41 bits per heavy atom. The first-order valence-electron chi connectivity index (χ1n) is 9.87. The first kappa shape index (κ1) is 21.4. The number of sulfonamides is 1. The van der Waals surface area contributed by atoms with Crippen LogP contribution in [0.4, 0.5) is 0 Å². The highest BCUT2D eigenvalue weighted by Gasteiger charge is 2.18. The second kappa shape index (κ2) is 9.13. The third-order valence-electron chi connectivity index (χ3n) is 4.87. The van der Waals surface area contributed by atoms with Crippen molar-refractivity contribution in [2.75, 3.05) is 6.54 Å². The van der Waals surface area contributed by atoms with Gasteiger partial charge in [-0.2, -0.15) is 5.10 Å². The largest absolute Gasteiger partial charge is 0.352 e. The van der Waals surface area contributed by atoms with Crippen LogP contribution in [0.3, 0.4) is 0 Å². The van der Waals surface area contributed by atoms with E-state index < -0.39 is 10.0 Å². The number of nitrogens with one attached hydrogen (secondary N) is 1. The summed E-state index contributed by atoms with van der Waals surface area (Å²) in [6.07, 6.45) is 5.57. The van der Waals surface area contributed by atoms with Gasteiger partial charge in [-0.05, 0) is 48.4 Å². The fourth-order valence-electron chi connectivity index (χ4n) is 3.23. The standard InChI is InChI=1S/C23H21N5O3S/c24-32(30,31)20-10-8-17(9-11-20)12-14-26-23(29)21-16-28(19-6-2-1-3-7-19)27-22(21)18-5-4-13-25-15-18/h1-11,13,15-16H,12,14H2,(H,26,29)(H2,24,30,31). The fraction of sp³-hybridized carbons (Fsp3) is 0.0870. The lowest BCUT2D eigenvalue weighted by atomic mass is 10.1. The first-order valence-corrected chi connectivity index (χ1v) is 11.4. The van der Waals surface area contributed by atoms with E-state index in [9.17, 15) is 13.2 Å². The number of carbonyl (C=O) groups is 1. The molecule has 0 unspecified atom stereocenters. The van der Waals surface area contributed by atoms with Crippen molar-refractivity contribution < 1.29 is 13.2 Å². The summed E-state index contributed by atoms with van der Waals surface area (Å²) in [5.41, 5.74) is 3.44. The molecule has 32 heavy (non-hydrogen) atoms. The lowest BCUT2D eigenvalue weighted by Crippen LogP contribution is -2.26. The van der Waals surface area contributed by atoms with E-state index in [-0.39, 0.29) is 10.8 Å². The molecule has 0 aliphatic carbocycles. The molecule has 4 aromatic rings. The average molecular weight is 448 g/mol. The number of benzene rings is 2. The number of hydrogen-bond donors (Lipinski definition) is 2. The van der Waals surface area contributed by atoms with Crippen molar-refractivity contribution in [3.63, 3.8) is 0 Å². The summed E-state index contributed by atoms with van der Waals surface area (Å²) in [7, 11) is -3.73. The summed E-state index contributed by atoms with van der Waals surface area (Å²) in [6.45, 7) is 0.372. The minimum atomic E-state index is -3.73. The van der Waals surface area contributed by atoms with E-state index in [0.717, 1.165) is 16.8 Å². The predicted molar refractivity (Wildman–Crippen MR) is 121 cm³/mol. The molecule has 2 aromatic heterocycles. The average Bonchev–Trinajstić information content (AvgIpc) is 3.26. The summed E-state index contributed by atoms with van der Waals surface area (Å²) in [5, 5.41) is 12.6. The van der Waals surface area contributed by atoms with Crippen molar-refractivity contribution in [1.29, 1.82) is 0 Å². The van der Waals surface area contributed by atoms with E-state index in [1.165, 1.54) is 12.1 Å². The van der Waals surface area contributed by atoms with Gasteiger partial charge >= 0.3 is 0 Å². The van der Waals surface area contributed by atoms with Crippen LogP contribution in [0, 0.1) is 0 Å². The lowest BCUT2D eigenvalue weighted by molar-refractivity contribution is 0.0954. The maximum Gasteiger partial charge on any atom is 0.255 e. The highest BCUT2D eigenvalue weighted by atomic mass is 32.2. The summed E-state index contributed by atoms with van der Waals surface area (Å²) in [5.74, 6) is -0.257. The molecule has 0 spiro atoms. The molecule has 0 saturated carbocycles. The van der Waals surface area contributed by atoms with Crippen LogP contribution in [0.2, 0.25) is 0 Å². The molecular weight excluding hydrogens is 426 g/mol. The molecule has 8 nitrogen and oxygen atoms in total. The summed E-state index contributed by atoms with van der Waals surface area (Å²) >= 11 is 0. The number of nitrogens with zero attached hydrogens (tertiary/aromatic N) is 3. The SMILES string of the molecule is NS(=O)(=O)c1ccc(CCNC(=O)c2cn(-c3ccccc3)nc2-c2cccnc2)cc1. The molecular formula is C23H21N5O3S. The Hall–Kier alpha value is -3.82. The van der Waals surface area contributed by atoms with Crippen molar-refractivity contribution in [2.45, 2.75) is 11.3 Å². The molecule has 0 aliphatic heterocycles. The number of nitrogens with two attached hydrogens (primary N) is 1. The van der Waals surface area contributed by atoms with Gasteiger partial charge in [-0.25, -0.2) is 18.2 Å². The maximum absolute atomic E-state index is 13.0. The molecule has 4 rings (SSSR count). The van der Waals surface area contributed by atoms with Crippen molar-refractivity contribution in [2.24, 2.45) is 5.14 Å². The maximum atomic E-state index is 13.0. The number of aromatic nitrogens is 3. The highest BCUT2D eigenvalue weighted by molar-refractivity contribution is 7.89. The van der Waals surface area contributed by atoms with Gasteiger partial charge in [-0.3, -0.25) is 9.78 Å². The van der Waals surface area contributed by atoms with E-state index in [1.807, 2.05) is 36.4 Å². The third-order valence-corrected chi connectivity index (χ3v) is 5.79. The summed E-state index contributed by atoms with van der Waals surface area (Å²) in [4.78, 5) is 17.2. The number of pyridine rings is 1. The van der Waals surface area contributed by atoms with Crippen LogP contribution in [0.25, 0.3) is 16.9 Å². The molecule has 0 radical (unpaired) electrons. The van der Waals surface area contributed by atoms with Crippen LogP contribution < -0.4 is 10.5 Å². The van der Waals surface area contributed by atoms with Gasteiger partial charge in [0.2, 0.25) is 10.0 Å². The number of carbonyl (C=O) groups excluding carboxylic acids is 1. The van der Waals surface area contributed by atoms with Crippen LogP contribution in [0.1, 0.15) is 15.9 Å². The molecule has 0 fully saturated rings. The minimum absolute atomic E-state index is 0.0553. The molecule has 3 N–H and O–H groups in total. The van der Waals surface area contributed by atoms with Gasteiger partial charge in [0.1, 0.15) is 5.69 Å². The number of amides is 1. The zero-order chi connectivity index (χ0) is 22.6. The second-order valence-electron chi connectivity index (χ2n) is 7.11. The zero-order valence-corrected chi connectivity index (χ0v) is 17.9. The molecule has 0 atom stereocenters. The molecule has 9 heteroatoms. The molecule has 162 valence electrons. The molecule has 1 amide bonds. The van der Waals surface area contributed by atoms with E-state index in [1.54, 1.807) is 41.5 Å². The predicted octanol–water partition coefficient (Wildman–Crippen LogP) is 2.55. The van der Waals surface area contributed by atoms with Crippen molar-refractivity contribution in [3.8, 4) is 16.9 Å².